The minimum absolute atomic E-state index is 0.298. The molecule has 330 valence electrons. The van der Waals surface area contributed by atoms with Crippen LogP contribution in [0.3, 0.4) is 0 Å². The molecule has 0 fully saturated rings. The fourth-order valence-electron chi connectivity index (χ4n) is 11.3. The third-order valence-corrected chi connectivity index (χ3v) is 14.0. The van der Waals surface area contributed by atoms with E-state index in [1.165, 1.54) is 0 Å². The van der Waals surface area contributed by atoms with Crippen molar-refractivity contribution in [2.24, 2.45) is 0 Å². The maximum Gasteiger partial charge on any atom is 0.152 e. The van der Waals surface area contributed by atoms with Gasteiger partial charge in [0.05, 0.1) is 45.3 Å². The topological polar surface area (TPSA) is 72.5 Å². The Morgan fingerprint density at radius 2 is 0.667 bits per heavy atom. The molecule has 0 spiro atoms. The van der Waals surface area contributed by atoms with E-state index >= 15 is 0 Å². The molecule has 2 aliphatic heterocycles. The van der Waals surface area contributed by atoms with Gasteiger partial charge in [-0.25, -0.2) is 0 Å². The Kier molecular flexibility index (Phi) is 9.59. The van der Waals surface area contributed by atoms with Crippen molar-refractivity contribution in [1.29, 1.82) is 10.5 Å². The standard InChI is InChI=1S/C63H46N4O2/c1-62(2)39-63(3,4)59-58(62)48(37-64)49(38-65)60(66-50-29-25-44(40-17-9-5-10-18-40)33-54(50)68-55-34-45(26-30-51(55)66)41-19-11-6-12-20-41)61(59)67-52-31-27-46(42-21-13-7-14-22-42)35-56(52)69-57-36-47(28-32-53(57)67)43-23-15-8-16-24-43/h5-36H,39H2,1-4H3. The smallest absolute Gasteiger partial charge is 0.152 e. The van der Waals surface area contributed by atoms with Crippen LogP contribution in [-0.2, 0) is 10.8 Å². The maximum absolute atomic E-state index is 11.8. The van der Waals surface area contributed by atoms with Crippen LogP contribution >= 0.6 is 0 Å². The lowest BCUT2D eigenvalue weighted by molar-refractivity contribution is 0.403. The second-order valence-corrected chi connectivity index (χ2v) is 19.4. The number of rotatable bonds is 6. The molecule has 69 heavy (non-hydrogen) atoms. The zero-order valence-corrected chi connectivity index (χ0v) is 38.8. The van der Waals surface area contributed by atoms with E-state index < -0.39 is 10.8 Å². The zero-order valence-electron chi connectivity index (χ0n) is 38.8. The van der Waals surface area contributed by atoms with E-state index in [0.29, 0.717) is 39.8 Å². The second kappa shape index (κ2) is 15.9. The van der Waals surface area contributed by atoms with Crippen molar-refractivity contribution in [3.63, 3.8) is 0 Å². The predicted octanol–water partition coefficient (Wildman–Crippen LogP) is 17.2. The van der Waals surface area contributed by atoms with Gasteiger partial charge in [0, 0.05) is 0 Å². The third-order valence-electron chi connectivity index (χ3n) is 14.0. The van der Waals surface area contributed by atoms with Crippen molar-refractivity contribution in [2.45, 2.75) is 44.9 Å². The van der Waals surface area contributed by atoms with Gasteiger partial charge in [-0.15, -0.1) is 0 Å². The fourth-order valence-corrected chi connectivity index (χ4v) is 11.3. The van der Waals surface area contributed by atoms with E-state index in [4.69, 9.17) is 9.47 Å². The van der Waals surface area contributed by atoms with Gasteiger partial charge in [-0.05, 0) is 121 Å². The average molecular weight is 891 g/mol. The minimum Gasteiger partial charge on any atom is -0.453 e. The molecule has 0 atom stereocenters. The average Bonchev–Trinajstić information content (AvgIpc) is 3.59. The van der Waals surface area contributed by atoms with Crippen molar-refractivity contribution in [3.05, 3.63) is 216 Å². The van der Waals surface area contributed by atoms with Crippen LogP contribution in [0.2, 0.25) is 0 Å². The normalized spacial score (nSPS) is 14.4. The monoisotopic (exact) mass is 890 g/mol. The molecule has 9 aromatic carbocycles. The first-order valence-corrected chi connectivity index (χ1v) is 23.4. The maximum atomic E-state index is 11.8. The number of fused-ring (bicyclic) bond motifs is 5. The molecule has 0 bridgehead atoms. The lowest BCUT2D eigenvalue weighted by atomic mass is 9.81. The number of benzene rings is 9. The van der Waals surface area contributed by atoms with Crippen molar-refractivity contribution >= 4 is 34.1 Å². The van der Waals surface area contributed by atoms with Crippen LogP contribution in [0.5, 0.6) is 23.0 Å². The molecule has 0 radical (unpaired) electrons. The minimum atomic E-state index is -0.457. The highest BCUT2D eigenvalue weighted by Crippen LogP contribution is 2.65. The van der Waals surface area contributed by atoms with E-state index in [-0.39, 0.29) is 0 Å². The fraction of sp³-hybridized carbons (Fsp3) is 0.111. The highest BCUT2D eigenvalue weighted by molar-refractivity contribution is 6.04. The molecule has 0 saturated carbocycles. The van der Waals surface area contributed by atoms with Gasteiger partial charge in [0.1, 0.15) is 12.1 Å². The van der Waals surface area contributed by atoms with Crippen molar-refractivity contribution in [1.82, 2.24) is 0 Å². The molecular formula is C63H46N4O2. The summed E-state index contributed by atoms with van der Waals surface area (Å²) in [6.45, 7) is 8.97. The highest BCUT2D eigenvalue weighted by Gasteiger charge is 2.50. The molecule has 6 nitrogen and oxygen atoms in total. The molecule has 6 heteroatoms. The Morgan fingerprint density at radius 1 is 0.362 bits per heavy atom. The number of ether oxygens (including phenoxy) is 2. The van der Waals surface area contributed by atoms with Crippen molar-refractivity contribution < 1.29 is 9.47 Å². The van der Waals surface area contributed by atoms with Gasteiger partial charge in [-0.3, -0.25) is 0 Å². The second-order valence-electron chi connectivity index (χ2n) is 19.4. The van der Waals surface area contributed by atoms with Crippen LogP contribution in [-0.4, -0.2) is 0 Å². The summed E-state index contributed by atoms with van der Waals surface area (Å²) in [5.74, 6) is 2.61. The van der Waals surface area contributed by atoms with Gasteiger partial charge in [-0.2, -0.15) is 10.5 Å². The van der Waals surface area contributed by atoms with E-state index in [1.807, 2.05) is 72.8 Å². The lowest BCUT2D eigenvalue weighted by Gasteiger charge is -2.42. The molecule has 0 N–H and O–H groups in total. The Morgan fingerprint density at radius 3 is 0.986 bits per heavy atom. The molecule has 0 amide bonds. The molecule has 0 unspecified atom stereocenters. The first-order chi connectivity index (χ1) is 33.6. The Bertz CT molecular complexity index is 3430. The molecule has 0 saturated heterocycles. The molecule has 12 rings (SSSR count). The molecule has 3 aliphatic rings. The van der Waals surface area contributed by atoms with Crippen LogP contribution in [0.4, 0.5) is 34.1 Å². The SMILES string of the molecule is CC1(C)CC(C)(C)c2c(N3c4ccc(-c5ccccc5)cc4Oc4cc(-c5ccccc5)ccc43)c(N3c4ccc(-c5ccccc5)cc4Oc4cc(-c5ccccc5)ccc43)c(C#N)c(C#N)c21. The summed E-state index contributed by atoms with van der Waals surface area (Å²) in [5, 5.41) is 23.3. The number of nitrogens with zero attached hydrogens (tertiary/aromatic N) is 4. The zero-order chi connectivity index (χ0) is 47.0. The first-order valence-electron chi connectivity index (χ1n) is 23.4. The largest absolute Gasteiger partial charge is 0.453 e. The number of hydrogen-bond acceptors (Lipinski definition) is 6. The number of hydrogen-bond donors (Lipinski definition) is 0. The van der Waals surface area contributed by atoms with Crippen molar-refractivity contribution in [2.75, 3.05) is 9.80 Å². The van der Waals surface area contributed by atoms with Gasteiger partial charge in [-0.1, -0.05) is 173 Å². The summed E-state index contributed by atoms with van der Waals surface area (Å²) in [6.07, 6.45) is 0.756. The van der Waals surface area contributed by atoms with Crippen LogP contribution in [0.1, 0.15) is 56.4 Å². The Labute approximate surface area is 403 Å². The summed E-state index contributed by atoms with van der Waals surface area (Å²) in [6, 6.07) is 71.9. The van der Waals surface area contributed by atoms with Crippen LogP contribution < -0.4 is 19.3 Å². The summed E-state index contributed by atoms with van der Waals surface area (Å²) < 4.78 is 14.1. The van der Waals surface area contributed by atoms with E-state index in [0.717, 1.165) is 90.5 Å². The Hall–Kier alpha value is -8.84. The van der Waals surface area contributed by atoms with Crippen LogP contribution in [0, 0.1) is 22.7 Å². The number of nitriles is 2. The van der Waals surface area contributed by atoms with E-state index in [2.05, 4.69) is 171 Å². The highest BCUT2D eigenvalue weighted by atomic mass is 16.5. The van der Waals surface area contributed by atoms with Gasteiger partial charge < -0.3 is 19.3 Å². The van der Waals surface area contributed by atoms with Crippen molar-refractivity contribution in [3.8, 4) is 79.6 Å². The predicted molar refractivity (Wildman–Crippen MR) is 278 cm³/mol. The summed E-state index contributed by atoms with van der Waals surface area (Å²) >= 11 is 0. The summed E-state index contributed by atoms with van der Waals surface area (Å²) in [4.78, 5) is 4.49. The number of anilines is 6. The van der Waals surface area contributed by atoms with Gasteiger partial charge >= 0.3 is 0 Å². The van der Waals surface area contributed by atoms with Crippen LogP contribution in [0.25, 0.3) is 44.5 Å². The Balaban J connectivity index is 1.21. The molecule has 0 aromatic heterocycles. The molecule has 2 heterocycles. The van der Waals surface area contributed by atoms with Gasteiger partial charge in [0.15, 0.2) is 23.0 Å². The van der Waals surface area contributed by atoms with Gasteiger partial charge in [0.2, 0.25) is 0 Å². The van der Waals surface area contributed by atoms with E-state index in [9.17, 15) is 10.5 Å². The molecule has 9 aromatic rings. The quantitative estimate of drug-likeness (QED) is 0.166. The third kappa shape index (κ3) is 6.75. The summed E-state index contributed by atoms with van der Waals surface area (Å²) in [7, 11) is 0. The summed E-state index contributed by atoms with van der Waals surface area (Å²) in [5.41, 5.74) is 14.5. The van der Waals surface area contributed by atoms with E-state index in [1.54, 1.807) is 0 Å². The molecular weight excluding hydrogens is 845 g/mol. The molecule has 1 aliphatic carbocycles. The van der Waals surface area contributed by atoms with Gasteiger partial charge in [0.25, 0.3) is 0 Å². The first kappa shape index (κ1) is 41.6. The lowest BCUT2D eigenvalue weighted by Crippen LogP contribution is -2.27. The van der Waals surface area contributed by atoms with Crippen LogP contribution in [0.15, 0.2) is 194 Å².